The Labute approximate surface area is 124 Å². The molecule has 0 saturated carbocycles. The number of para-hydroxylation sites is 1. The van der Waals surface area contributed by atoms with Gasteiger partial charge in [0.15, 0.2) is 4.77 Å². The molecule has 1 N–H and O–H groups in total. The number of fused-ring (bicyclic) bond motifs is 1. The molecule has 0 atom stereocenters. The monoisotopic (exact) mass is 301 g/mol. The topological polar surface area (TPSA) is 44.5 Å². The quantitative estimate of drug-likeness (QED) is 0.686. The summed E-state index contributed by atoms with van der Waals surface area (Å²) < 4.78 is 29.5. The fourth-order valence-corrected chi connectivity index (χ4v) is 2.57. The van der Waals surface area contributed by atoms with Crippen LogP contribution in [0.1, 0.15) is 11.1 Å². The Bertz CT molecular complexity index is 963. The number of hydrogen-bond donors (Lipinski definition) is 1. The summed E-state index contributed by atoms with van der Waals surface area (Å²) in [7, 11) is 0. The predicted octanol–water partition coefficient (Wildman–Crippen LogP) is 4.15. The van der Waals surface area contributed by atoms with Crippen LogP contribution in [0.15, 0.2) is 30.3 Å². The van der Waals surface area contributed by atoms with Crippen molar-refractivity contribution in [1.82, 2.24) is 9.55 Å². The third kappa shape index (κ3) is 2.03. The van der Waals surface area contributed by atoms with Crippen molar-refractivity contribution in [3.05, 3.63) is 57.9 Å². The highest BCUT2D eigenvalue weighted by Gasteiger charge is 2.14. The second-order valence-electron chi connectivity index (χ2n) is 4.63. The van der Waals surface area contributed by atoms with E-state index in [2.05, 4.69) is 4.98 Å². The highest BCUT2D eigenvalue weighted by atomic mass is 32.1. The van der Waals surface area contributed by atoms with E-state index in [-0.39, 0.29) is 16.0 Å². The van der Waals surface area contributed by atoms with Crippen LogP contribution in [-0.2, 0) is 0 Å². The average molecular weight is 301 g/mol. The fraction of sp³-hybridized carbons (Fsp3) is 0.0667. The normalized spacial score (nSPS) is 10.8. The summed E-state index contributed by atoms with van der Waals surface area (Å²) in [5.74, 6) is -1.09. The van der Waals surface area contributed by atoms with Gasteiger partial charge in [0.2, 0.25) is 0 Å². The molecular formula is C15H9F2N3S. The summed E-state index contributed by atoms with van der Waals surface area (Å²) in [5, 5.41) is 9.09. The summed E-state index contributed by atoms with van der Waals surface area (Å²) in [4.78, 5) is 2.87. The summed E-state index contributed by atoms with van der Waals surface area (Å²) >= 11 is 5.19. The SMILES string of the molecule is Cc1cc(F)c(-n2c(=S)[nH]c3c(C#N)cccc32)cc1F. The number of halogens is 2. The van der Waals surface area contributed by atoms with E-state index in [0.717, 1.165) is 12.1 Å². The zero-order valence-corrected chi connectivity index (χ0v) is 11.8. The number of aromatic amines is 1. The van der Waals surface area contributed by atoms with Crippen molar-refractivity contribution >= 4 is 23.3 Å². The third-order valence-corrected chi connectivity index (χ3v) is 3.59. The van der Waals surface area contributed by atoms with E-state index in [1.54, 1.807) is 18.2 Å². The third-order valence-electron chi connectivity index (χ3n) is 3.31. The molecule has 0 amide bonds. The molecule has 3 aromatic rings. The van der Waals surface area contributed by atoms with E-state index >= 15 is 0 Å². The molecule has 104 valence electrons. The van der Waals surface area contributed by atoms with Gasteiger partial charge in [-0.15, -0.1) is 0 Å². The van der Waals surface area contributed by atoms with Gasteiger partial charge in [-0.25, -0.2) is 8.78 Å². The highest BCUT2D eigenvalue weighted by Crippen LogP contribution is 2.25. The summed E-state index contributed by atoms with van der Waals surface area (Å²) in [6.07, 6.45) is 0. The van der Waals surface area contributed by atoms with Gasteiger partial charge in [0.05, 0.1) is 22.3 Å². The Morgan fingerprint density at radius 2 is 2.00 bits per heavy atom. The number of nitrogens with zero attached hydrogens (tertiary/aromatic N) is 2. The van der Waals surface area contributed by atoms with Crippen LogP contribution in [0.2, 0.25) is 0 Å². The minimum absolute atomic E-state index is 0.0180. The maximum absolute atomic E-state index is 14.2. The molecule has 1 aromatic heterocycles. The Hall–Kier alpha value is -2.52. The molecular weight excluding hydrogens is 292 g/mol. The van der Waals surface area contributed by atoms with Crippen LogP contribution in [0.3, 0.4) is 0 Å². The van der Waals surface area contributed by atoms with Gasteiger partial charge in [0, 0.05) is 6.07 Å². The molecule has 0 fully saturated rings. The van der Waals surface area contributed by atoms with Crippen molar-refractivity contribution in [3.8, 4) is 11.8 Å². The molecule has 3 rings (SSSR count). The van der Waals surface area contributed by atoms with Gasteiger partial charge in [-0.05, 0) is 42.9 Å². The van der Waals surface area contributed by atoms with Gasteiger partial charge in [-0.2, -0.15) is 5.26 Å². The number of benzene rings is 2. The lowest BCUT2D eigenvalue weighted by Gasteiger charge is -2.08. The van der Waals surface area contributed by atoms with Crippen molar-refractivity contribution < 1.29 is 8.78 Å². The minimum atomic E-state index is -0.576. The minimum Gasteiger partial charge on any atom is -0.329 e. The summed E-state index contributed by atoms with van der Waals surface area (Å²) in [6, 6.07) is 9.26. The van der Waals surface area contributed by atoms with Crippen molar-refractivity contribution in [1.29, 1.82) is 5.26 Å². The maximum atomic E-state index is 14.2. The lowest BCUT2D eigenvalue weighted by molar-refractivity contribution is 0.586. The number of nitrogens with one attached hydrogen (secondary N) is 1. The zero-order valence-electron chi connectivity index (χ0n) is 10.9. The molecule has 3 nitrogen and oxygen atoms in total. The Morgan fingerprint density at radius 3 is 2.71 bits per heavy atom. The van der Waals surface area contributed by atoms with Gasteiger partial charge in [0.1, 0.15) is 17.7 Å². The van der Waals surface area contributed by atoms with E-state index in [0.29, 0.717) is 16.6 Å². The first-order valence-corrected chi connectivity index (χ1v) is 6.53. The van der Waals surface area contributed by atoms with Gasteiger partial charge in [-0.1, -0.05) is 6.07 Å². The number of rotatable bonds is 1. The molecule has 0 aliphatic heterocycles. The van der Waals surface area contributed by atoms with Gasteiger partial charge < -0.3 is 4.98 Å². The van der Waals surface area contributed by atoms with Crippen LogP contribution in [0.5, 0.6) is 0 Å². The number of aryl methyl sites for hydroxylation is 1. The molecule has 0 radical (unpaired) electrons. The second-order valence-corrected chi connectivity index (χ2v) is 5.02. The number of H-pyrrole nitrogens is 1. The molecule has 0 spiro atoms. The molecule has 21 heavy (non-hydrogen) atoms. The lowest BCUT2D eigenvalue weighted by Crippen LogP contribution is -2.00. The molecule has 0 saturated heterocycles. The smallest absolute Gasteiger partial charge is 0.182 e. The van der Waals surface area contributed by atoms with E-state index in [4.69, 9.17) is 17.5 Å². The van der Waals surface area contributed by atoms with Crippen LogP contribution < -0.4 is 0 Å². The summed E-state index contributed by atoms with van der Waals surface area (Å²) in [6.45, 7) is 1.49. The van der Waals surface area contributed by atoms with Crippen LogP contribution in [-0.4, -0.2) is 9.55 Å². The van der Waals surface area contributed by atoms with Gasteiger partial charge in [0.25, 0.3) is 0 Å². The Kier molecular flexibility index (Phi) is 3.07. The van der Waals surface area contributed by atoms with E-state index in [1.807, 2.05) is 6.07 Å². The molecule has 0 unspecified atom stereocenters. The molecule has 0 bridgehead atoms. The molecule has 1 heterocycles. The molecule has 2 aromatic carbocycles. The van der Waals surface area contributed by atoms with Crippen molar-refractivity contribution in [3.63, 3.8) is 0 Å². The molecule has 0 aliphatic rings. The number of imidazole rings is 1. The second kappa shape index (κ2) is 4.79. The first-order chi connectivity index (χ1) is 10.0. The van der Waals surface area contributed by atoms with Crippen molar-refractivity contribution in [2.75, 3.05) is 0 Å². The van der Waals surface area contributed by atoms with Crippen molar-refractivity contribution in [2.45, 2.75) is 6.92 Å². The Balaban J connectivity index is 2.42. The standard InChI is InChI=1S/C15H9F2N3S/c1-8-5-11(17)13(6-10(8)16)20-12-4-2-3-9(7-18)14(12)19-15(20)21/h2-6H,1H3,(H,19,21). The first kappa shape index (κ1) is 13.5. The van der Waals surface area contributed by atoms with Crippen LogP contribution in [0.25, 0.3) is 16.7 Å². The van der Waals surface area contributed by atoms with E-state index < -0.39 is 11.6 Å². The van der Waals surface area contributed by atoms with Crippen molar-refractivity contribution in [2.24, 2.45) is 0 Å². The first-order valence-electron chi connectivity index (χ1n) is 6.13. The largest absolute Gasteiger partial charge is 0.329 e. The Morgan fingerprint density at radius 1 is 1.24 bits per heavy atom. The zero-order chi connectivity index (χ0) is 15.1. The van der Waals surface area contributed by atoms with Crippen LogP contribution in [0.4, 0.5) is 8.78 Å². The lowest BCUT2D eigenvalue weighted by atomic mass is 10.2. The van der Waals surface area contributed by atoms with Crippen LogP contribution in [0, 0.1) is 34.7 Å². The fourth-order valence-electron chi connectivity index (χ4n) is 2.27. The highest BCUT2D eigenvalue weighted by molar-refractivity contribution is 7.71. The maximum Gasteiger partial charge on any atom is 0.182 e. The van der Waals surface area contributed by atoms with Crippen LogP contribution >= 0.6 is 12.2 Å². The number of hydrogen-bond acceptors (Lipinski definition) is 2. The average Bonchev–Trinajstić information content (AvgIpc) is 2.79. The number of nitriles is 1. The molecule has 0 aliphatic carbocycles. The van der Waals surface area contributed by atoms with Gasteiger partial charge >= 0.3 is 0 Å². The summed E-state index contributed by atoms with van der Waals surface area (Å²) in [5.41, 5.74) is 1.67. The molecule has 6 heteroatoms. The predicted molar refractivity (Wildman–Crippen MR) is 77.8 cm³/mol. The van der Waals surface area contributed by atoms with E-state index in [9.17, 15) is 8.78 Å². The number of aromatic nitrogens is 2. The van der Waals surface area contributed by atoms with E-state index in [1.165, 1.54) is 11.5 Å². The van der Waals surface area contributed by atoms with Gasteiger partial charge in [-0.3, -0.25) is 4.57 Å².